The molecule has 2 aromatic heterocycles. The Morgan fingerprint density at radius 2 is 2.26 bits per heavy atom. The van der Waals surface area contributed by atoms with E-state index in [9.17, 15) is 0 Å². The average molecular weight is 270 g/mol. The third-order valence-electron chi connectivity index (χ3n) is 2.68. The number of hydrogen-bond donors (Lipinski definition) is 0. The lowest BCUT2D eigenvalue weighted by Crippen LogP contribution is -1.93. The molecule has 0 fully saturated rings. The van der Waals surface area contributed by atoms with E-state index < -0.39 is 0 Å². The molecular weight excluding hydrogens is 260 g/mol. The number of aryl methyl sites for hydroxylation is 1. The minimum atomic E-state index is 0.211. The van der Waals surface area contributed by atoms with Crippen molar-refractivity contribution < 1.29 is 9.15 Å². The van der Waals surface area contributed by atoms with E-state index in [1.165, 1.54) is 0 Å². The summed E-state index contributed by atoms with van der Waals surface area (Å²) in [6, 6.07) is 9.48. The molecule has 1 aromatic carbocycles. The van der Waals surface area contributed by atoms with Crippen molar-refractivity contribution in [1.29, 1.82) is 5.26 Å². The number of ether oxygens (including phenoxy) is 1. The summed E-state index contributed by atoms with van der Waals surface area (Å²) in [5, 5.41) is 10.9. The molecule has 0 aliphatic rings. The van der Waals surface area contributed by atoms with Gasteiger partial charge in [-0.05, 0) is 19.1 Å². The van der Waals surface area contributed by atoms with E-state index in [0.29, 0.717) is 17.9 Å². The second kappa shape index (κ2) is 4.75. The van der Waals surface area contributed by atoms with Gasteiger partial charge >= 0.3 is 0 Å². The van der Waals surface area contributed by atoms with Gasteiger partial charge in [-0.1, -0.05) is 12.1 Å². The van der Waals surface area contributed by atoms with E-state index in [1.807, 2.05) is 37.3 Å². The van der Waals surface area contributed by atoms with Gasteiger partial charge in [0, 0.05) is 6.20 Å². The Morgan fingerprint density at radius 1 is 1.42 bits per heavy atom. The lowest BCUT2D eigenvalue weighted by molar-refractivity contribution is 0.307. The fraction of sp³-hybridized carbons (Fsp3) is 0.143. The number of fused-ring (bicyclic) bond motifs is 1. The van der Waals surface area contributed by atoms with Crippen LogP contribution in [0.1, 0.15) is 15.6 Å². The lowest BCUT2D eigenvalue weighted by atomic mass is 10.2. The first-order valence-electron chi connectivity index (χ1n) is 5.73. The van der Waals surface area contributed by atoms with Gasteiger partial charge < -0.3 is 9.15 Å². The van der Waals surface area contributed by atoms with E-state index in [4.69, 9.17) is 14.4 Å². The molecule has 0 aliphatic heterocycles. The fourth-order valence-corrected chi connectivity index (χ4v) is 2.56. The molecule has 19 heavy (non-hydrogen) atoms. The van der Waals surface area contributed by atoms with Crippen molar-refractivity contribution in [1.82, 2.24) is 4.98 Å². The van der Waals surface area contributed by atoms with Gasteiger partial charge in [0.2, 0.25) is 5.76 Å². The molecule has 0 radical (unpaired) electrons. The van der Waals surface area contributed by atoms with Gasteiger partial charge in [-0.3, -0.25) is 0 Å². The van der Waals surface area contributed by atoms with Crippen molar-refractivity contribution in [2.75, 3.05) is 0 Å². The van der Waals surface area contributed by atoms with Gasteiger partial charge in [-0.25, -0.2) is 4.98 Å². The fourth-order valence-electron chi connectivity index (χ4n) is 1.85. The van der Waals surface area contributed by atoms with Gasteiger partial charge in [0.15, 0.2) is 5.75 Å². The smallest absolute Gasteiger partial charge is 0.246 e. The molecule has 0 saturated carbocycles. The molecule has 0 spiro atoms. The van der Waals surface area contributed by atoms with Crippen LogP contribution in [0.2, 0.25) is 0 Å². The maximum atomic E-state index is 9.09. The van der Waals surface area contributed by atoms with E-state index in [2.05, 4.69) is 4.98 Å². The highest BCUT2D eigenvalue weighted by Crippen LogP contribution is 2.33. The van der Waals surface area contributed by atoms with Crippen molar-refractivity contribution in [3.63, 3.8) is 0 Å². The quantitative estimate of drug-likeness (QED) is 0.729. The zero-order chi connectivity index (χ0) is 13.2. The summed E-state index contributed by atoms with van der Waals surface area (Å²) in [7, 11) is 0. The van der Waals surface area contributed by atoms with Crippen molar-refractivity contribution in [3.05, 3.63) is 46.1 Å². The zero-order valence-corrected chi connectivity index (χ0v) is 11.0. The average Bonchev–Trinajstić information content (AvgIpc) is 2.99. The van der Waals surface area contributed by atoms with E-state index in [-0.39, 0.29) is 5.76 Å². The molecule has 0 atom stereocenters. The Morgan fingerprint density at radius 3 is 3.00 bits per heavy atom. The van der Waals surface area contributed by atoms with Crippen molar-refractivity contribution in [3.8, 4) is 11.8 Å². The van der Waals surface area contributed by atoms with Crippen LogP contribution in [0.15, 0.2) is 34.9 Å². The third kappa shape index (κ3) is 2.18. The first-order chi connectivity index (χ1) is 9.28. The molecule has 0 unspecified atom stereocenters. The van der Waals surface area contributed by atoms with Crippen LogP contribution in [-0.2, 0) is 6.61 Å². The lowest BCUT2D eigenvalue weighted by Gasteiger charge is -2.01. The first kappa shape index (κ1) is 11.8. The van der Waals surface area contributed by atoms with Gasteiger partial charge in [-0.15, -0.1) is 11.3 Å². The number of benzene rings is 1. The van der Waals surface area contributed by atoms with Crippen LogP contribution in [0.4, 0.5) is 0 Å². The summed E-state index contributed by atoms with van der Waals surface area (Å²) in [5.74, 6) is 0.714. The highest BCUT2D eigenvalue weighted by atomic mass is 32.1. The molecule has 4 nitrogen and oxygen atoms in total. The van der Waals surface area contributed by atoms with Crippen LogP contribution in [0.25, 0.3) is 11.0 Å². The van der Waals surface area contributed by atoms with Crippen molar-refractivity contribution >= 4 is 22.3 Å². The minimum absolute atomic E-state index is 0.211. The summed E-state index contributed by atoms with van der Waals surface area (Å²) >= 11 is 1.58. The van der Waals surface area contributed by atoms with Crippen LogP contribution in [-0.4, -0.2) is 4.98 Å². The largest absolute Gasteiger partial charge is 0.483 e. The van der Waals surface area contributed by atoms with E-state index in [1.54, 1.807) is 17.5 Å². The van der Waals surface area contributed by atoms with Crippen LogP contribution < -0.4 is 4.74 Å². The Balaban J connectivity index is 1.93. The standard InChI is InChI=1S/C14H10N2O2S/c1-9-16-7-10(19-9)8-17-14-11-4-2-3-5-12(11)18-13(14)6-15/h2-5,7H,8H2,1H3. The van der Waals surface area contributed by atoms with E-state index in [0.717, 1.165) is 15.3 Å². The maximum Gasteiger partial charge on any atom is 0.246 e. The number of rotatable bonds is 3. The molecular formula is C14H10N2O2S. The number of para-hydroxylation sites is 1. The summed E-state index contributed by atoms with van der Waals surface area (Å²) in [4.78, 5) is 5.19. The molecule has 0 aliphatic carbocycles. The molecule has 2 heterocycles. The normalized spacial score (nSPS) is 10.5. The number of furan rings is 1. The Labute approximate surface area is 113 Å². The molecule has 0 amide bonds. The van der Waals surface area contributed by atoms with E-state index >= 15 is 0 Å². The first-order valence-corrected chi connectivity index (χ1v) is 6.55. The Hall–Kier alpha value is -2.32. The predicted molar refractivity (Wildman–Crippen MR) is 72.1 cm³/mol. The third-order valence-corrected chi connectivity index (χ3v) is 3.57. The van der Waals surface area contributed by atoms with Crippen LogP contribution in [0.3, 0.4) is 0 Å². The monoisotopic (exact) mass is 270 g/mol. The molecule has 0 saturated heterocycles. The van der Waals surface area contributed by atoms with Crippen molar-refractivity contribution in [2.45, 2.75) is 13.5 Å². The number of nitrogens with zero attached hydrogens (tertiary/aromatic N) is 2. The summed E-state index contributed by atoms with van der Waals surface area (Å²) in [5.41, 5.74) is 0.662. The Kier molecular flexibility index (Phi) is 2.94. The predicted octanol–water partition coefficient (Wildman–Crippen LogP) is 3.65. The molecule has 0 bridgehead atoms. The molecule has 0 N–H and O–H groups in total. The maximum absolute atomic E-state index is 9.09. The summed E-state index contributed by atoms with van der Waals surface area (Å²) < 4.78 is 11.2. The van der Waals surface area contributed by atoms with Gasteiger partial charge in [0.05, 0.1) is 15.3 Å². The second-order valence-electron chi connectivity index (χ2n) is 4.00. The second-order valence-corrected chi connectivity index (χ2v) is 5.32. The minimum Gasteiger partial charge on any atom is -0.483 e. The number of nitriles is 1. The van der Waals surface area contributed by atoms with Gasteiger partial charge in [-0.2, -0.15) is 5.26 Å². The van der Waals surface area contributed by atoms with Crippen LogP contribution >= 0.6 is 11.3 Å². The molecule has 94 valence electrons. The zero-order valence-electron chi connectivity index (χ0n) is 10.2. The summed E-state index contributed by atoms with van der Waals surface area (Å²) in [6.07, 6.45) is 1.79. The van der Waals surface area contributed by atoms with Gasteiger partial charge in [0.25, 0.3) is 0 Å². The summed E-state index contributed by atoms with van der Waals surface area (Å²) in [6.45, 7) is 2.34. The highest BCUT2D eigenvalue weighted by Gasteiger charge is 2.15. The topological polar surface area (TPSA) is 59.0 Å². The van der Waals surface area contributed by atoms with Crippen molar-refractivity contribution in [2.24, 2.45) is 0 Å². The van der Waals surface area contributed by atoms with Gasteiger partial charge in [0.1, 0.15) is 18.3 Å². The Bertz CT molecular complexity index is 767. The molecule has 3 aromatic rings. The molecule has 3 rings (SSSR count). The van der Waals surface area contributed by atoms with Crippen LogP contribution in [0, 0.1) is 18.3 Å². The highest BCUT2D eigenvalue weighted by molar-refractivity contribution is 7.11. The molecule has 5 heteroatoms. The number of aromatic nitrogens is 1. The number of hydrogen-bond acceptors (Lipinski definition) is 5. The number of thiazole rings is 1. The SMILES string of the molecule is Cc1ncc(COc2c(C#N)oc3ccccc23)s1. The van der Waals surface area contributed by atoms with Crippen LogP contribution in [0.5, 0.6) is 5.75 Å².